The van der Waals surface area contributed by atoms with Crippen LogP contribution < -0.4 is 10.6 Å². The predicted octanol–water partition coefficient (Wildman–Crippen LogP) is 3.49. The lowest BCUT2D eigenvalue weighted by Gasteiger charge is -2.24. The van der Waals surface area contributed by atoms with Gasteiger partial charge in [0.05, 0.1) is 0 Å². The van der Waals surface area contributed by atoms with Crippen LogP contribution in [0.25, 0.3) is 0 Å². The van der Waals surface area contributed by atoms with Crippen LogP contribution in [-0.4, -0.2) is 11.2 Å². The predicted molar refractivity (Wildman–Crippen MR) is 83.3 cm³/mol. The average Bonchev–Trinajstić information content (AvgIpc) is 3.00. The molecule has 2 aliphatic carbocycles. The maximum absolute atomic E-state index is 6.13. The summed E-state index contributed by atoms with van der Waals surface area (Å²) < 4.78 is 0. The van der Waals surface area contributed by atoms with Crippen LogP contribution in [0.4, 0.5) is 0 Å². The molecule has 19 heavy (non-hydrogen) atoms. The third kappa shape index (κ3) is 3.03. The van der Waals surface area contributed by atoms with Crippen molar-refractivity contribution < 1.29 is 0 Å². The van der Waals surface area contributed by atoms with Crippen molar-refractivity contribution in [1.82, 2.24) is 10.6 Å². The van der Waals surface area contributed by atoms with Gasteiger partial charge in [0.1, 0.15) is 0 Å². The van der Waals surface area contributed by atoms with E-state index in [0.717, 1.165) is 27.5 Å². The van der Waals surface area contributed by atoms with Crippen molar-refractivity contribution in [3.05, 3.63) is 34.9 Å². The molecule has 0 spiro atoms. The fourth-order valence-electron chi connectivity index (χ4n) is 3.46. The van der Waals surface area contributed by atoms with Gasteiger partial charge in [0.25, 0.3) is 0 Å². The number of benzene rings is 1. The van der Waals surface area contributed by atoms with Gasteiger partial charge in [0, 0.05) is 17.6 Å². The van der Waals surface area contributed by atoms with Crippen molar-refractivity contribution in [2.75, 3.05) is 0 Å². The minimum atomic E-state index is 0.588. The monoisotopic (exact) mass is 294 g/mol. The van der Waals surface area contributed by atoms with E-state index in [9.17, 15) is 0 Å². The molecule has 3 rings (SSSR count). The number of hydrogen-bond donors (Lipinski definition) is 2. The lowest BCUT2D eigenvalue weighted by Crippen LogP contribution is -2.43. The van der Waals surface area contributed by atoms with E-state index in [2.05, 4.69) is 10.6 Å². The number of fused-ring (bicyclic) bond motifs is 2. The Labute approximate surface area is 124 Å². The molecule has 2 aliphatic rings. The van der Waals surface area contributed by atoms with Crippen molar-refractivity contribution in [2.45, 2.75) is 38.3 Å². The third-order valence-corrected chi connectivity index (χ3v) is 5.08. The maximum Gasteiger partial charge on any atom is 0.166 e. The second-order valence-electron chi connectivity index (χ2n) is 5.70. The summed E-state index contributed by atoms with van der Waals surface area (Å²) in [6.45, 7) is 0.687. The van der Waals surface area contributed by atoms with Gasteiger partial charge in [-0.1, -0.05) is 36.2 Å². The molecule has 0 aliphatic heterocycles. The number of nitrogens with one attached hydrogen (secondary N) is 2. The average molecular weight is 295 g/mol. The molecule has 0 radical (unpaired) electrons. The highest BCUT2D eigenvalue weighted by atomic mass is 35.5. The first-order chi connectivity index (χ1) is 9.22. The van der Waals surface area contributed by atoms with Crippen LogP contribution in [0.2, 0.25) is 5.02 Å². The van der Waals surface area contributed by atoms with E-state index < -0.39 is 0 Å². The number of halogens is 1. The van der Waals surface area contributed by atoms with Gasteiger partial charge in [-0.2, -0.15) is 0 Å². The molecule has 0 aromatic heterocycles. The second-order valence-corrected chi connectivity index (χ2v) is 6.52. The van der Waals surface area contributed by atoms with Crippen LogP contribution in [0.15, 0.2) is 24.3 Å². The Morgan fingerprint density at radius 1 is 1.26 bits per heavy atom. The van der Waals surface area contributed by atoms with Crippen LogP contribution in [0.5, 0.6) is 0 Å². The van der Waals surface area contributed by atoms with Gasteiger partial charge in [-0.25, -0.2) is 0 Å². The molecular weight excluding hydrogens is 276 g/mol. The highest BCUT2D eigenvalue weighted by Gasteiger charge is 2.39. The molecule has 2 fully saturated rings. The van der Waals surface area contributed by atoms with E-state index in [-0.39, 0.29) is 0 Å². The van der Waals surface area contributed by atoms with Gasteiger partial charge < -0.3 is 10.6 Å². The molecular formula is C15H19ClN2S. The minimum absolute atomic E-state index is 0.588. The first-order valence-electron chi connectivity index (χ1n) is 7.00. The molecule has 1 aromatic carbocycles. The summed E-state index contributed by atoms with van der Waals surface area (Å²) in [5, 5.41) is 8.29. The molecule has 0 saturated heterocycles. The second kappa shape index (κ2) is 5.68. The van der Waals surface area contributed by atoms with Gasteiger partial charge in [-0.15, -0.1) is 0 Å². The highest BCUT2D eigenvalue weighted by molar-refractivity contribution is 7.80. The van der Waals surface area contributed by atoms with Crippen LogP contribution in [-0.2, 0) is 6.54 Å². The van der Waals surface area contributed by atoms with Crippen LogP contribution >= 0.6 is 23.8 Å². The molecule has 2 bridgehead atoms. The lowest BCUT2D eigenvalue weighted by molar-refractivity contribution is 0.389. The lowest BCUT2D eigenvalue weighted by atomic mass is 9.96. The number of rotatable bonds is 3. The standard InChI is InChI=1S/C15H19ClN2S/c16-13-4-2-1-3-12(13)9-17-15(19)18-14-8-10-5-6-11(14)7-10/h1-4,10-11,14H,5-9H2,(H2,17,18,19)/t10-,11-,14+/m1/s1. The van der Waals surface area contributed by atoms with E-state index in [1.54, 1.807) is 0 Å². The molecule has 2 nitrogen and oxygen atoms in total. The van der Waals surface area contributed by atoms with Crippen molar-refractivity contribution in [1.29, 1.82) is 0 Å². The van der Waals surface area contributed by atoms with Crippen LogP contribution in [0.1, 0.15) is 31.2 Å². The quantitative estimate of drug-likeness (QED) is 0.835. The molecule has 1 aromatic rings. The Bertz CT molecular complexity index is 477. The summed E-state index contributed by atoms with van der Waals surface area (Å²) >= 11 is 11.5. The van der Waals surface area contributed by atoms with Crippen LogP contribution in [0, 0.1) is 11.8 Å². The van der Waals surface area contributed by atoms with E-state index in [4.69, 9.17) is 23.8 Å². The van der Waals surface area contributed by atoms with Crippen molar-refractivity contribution in [2.24, 2.45) is 11.8 Å². The molecule has 0 amide bonds. The molecule has 0 unspecified atom stereocenters. The van der Waals surface area contributed by atoms with Gasteiger partial charge >= 0.3 is 0 Å². The summed E-state index contributed by atoms with van der Waals surface area (Å²) in [4.78, 5) is 0. The highest BCUT2D eigenvalue weighted by Crippen LogP contribution is 2.44. The summed E-state index contributed by atoms with van der Waals surface area (Å²) in [6.07, 6.45) is 5.47. The third-order valence-electron chi connectivity index (χ3n) is 4.45. The SMILES string of the molecule is S=C(NCc1ccccc1Cl)N[C@H]1C[C@@H]2CC[C@@H]1C2. The van der Waals surface area contributed by atoms with E-state index in [1.807, 2.05) is 24.3 Å². The smallest absolute Gasteiger partial charge is 0.166 e. The van der Waals surface area contributed by atoms with Crippen molar-refractivity contribution in [3.63, 3.8) is 0 Å². The first-order valence-corrected chi connectivity index (χ1v) is 7.79. The zero-order chi connectivity index (χ0) is 13.2. The van der Waals surface area contributed by atoms with Gasteiger partial charge in [-0.3, -0.25) is 0 Å². The summed E-state index contributed by atoms with van der Waals surface area (Å²) in [6, 6.07) is 8.46. The van der Waals surface area contributed by atoms with E-state index >= 15 is 0 Å². The molecule has 0 heterocycles. The first kappa shape index (κ1) is 13.2. The Morgan fingerprint density at radius 3 is 2.79 bits per heavy atom. The zero-order valence-electron chi connectivity index (χ0n) is 10.9. The van der Waals surface area contributed by atoms with Gasteiger partial charge in [-0.05, 0) is 54.9 Å². The Hall–Kier alpha value is -0.800. The number of thiocarbonyl (C=S) groups is 1. The van der Waals surface area contributed by atoms with E-state index in [0.29, 0.717) is 12.6 Å². The minimum Gasteiger partial charge on any atom is -0.360 e. The Kier molecular flexibility index (Phi) is 3.94. The normalized spacial score (nSPS) is 28.4. The maximum atomic E-state index is 6.13. The fourth-order valence-corrected chi connectivity index (χ4v) is 3.88. The topological polar surface area (TPSA) is 24.1 Å². The molecule has 2 saturated carbocycles. The Balaban J connectivity index is 1.48. The summed E-state index contributed by atoms with van der Waals surface area (Å²) in [7, 11) is 0. The van der Waals surface area contributed by atoms with Crippen molar-refractivity contribution >= 4 is 28.9 Å². The fraction of sp³-hybridized carbons (Fsp3) is 0.533. The molecule has 4 heteroatoms. The molecule has 2 N–H and O–H groups in total. The van der Waals surface area contributed by atoms with Crippen molar-refractivity contribution in [3.8, 4) is 0 Å². The summed E-state index contributed by atoms with van der Waals surface area (Å²) in [5.74, 6) is 1.78. The van der Waals surface area contributed by atoms with Gasteiger partial charge in [0.15, 0.2) is 5.11 Å². The van der Waals surface area contributed by atoms with E-state index in [1.165, 1.54) is 25.7 Å². The largest absolute Gasteiger partial charge is 0.360 e. The Morgan fingerprint density at radius 2 is 2.11 bits per heavy atom. The van der Waals surface area contributed by atoms with Gasteiger partial charge in [0.2, 0.25) is 0 Å². The number of hydrogen-bond acceptors (Lipinski definition) is 1. The summed E-state index contributed by atoms with van der Waals surface area (Å²) in [5.41, 5.74) is 1.08. The molecule has 3 atom stereocenters. The van der Waals surface area contributed by atoms with Crippen LogP contribution in [0.3, 0.4) is 0 Å². The molecule has 102 valence electrons. The zero-order valence-corrected chi connectivity index (χ0v) is 12.4.